The van der Waals surface area contributed by atoms with Gasteiger partial charge in [-0.1, -0.05) is 29.8 Å². The van der Waals surface area contributed by atoms with Crippen molar-refractivity contribution in [3.8, 4) is 0 Å². The van der Waals surface area contributed by atoms with Gasteiger partial charge < -0.3 is 10.1 Å². The van der Waals surface area contributed by atoms with Crippen LogP contribution in [0, 0.1) is 5.41 Å². The molecule has 0 saturated heterocycles. The molecule has 1 fully saturated rings. The molecule has 0 unspecified atom stereocenters. The van der Waals surface area contributed by atoms with Crippen LogP contribution in [0.2, 0.25) is 0 Å². The number of halogens is 1. The Morgan fingerprint density at radius 2 is 2.12 bits per heavy atom. The molecule has 0 aliphatic heterocycles. The maximum absolute atomic E-state index is 11.9. The highest BCUT2D eigenvalue weighted by Crippen LogP contribution is 2.37. The molecule has 100 valence electrons. The number of alkyl halides is 1. The van der Waals surface area contributed by atoms with Gasteiger partial charge in [0.15, 0.2) is 0 Å². The molecule has 0 bridgehead atoms. The second-order valence-corrected chi connectivity index (χ2v) is 6.59. The van der Waals surface area contributed by atoms with Crippen molar-refractivity contribution in [2.75, 3.05) is 19.0 Å². The van der Waals surface area contributed by atoms with E-state index in [1.165, 1.54) is 6.42 Å². The minimum absolute atomic E-state index is 0.120. The zero-order chi connectivity index (χ0) is 12.9. The minimum atomic E-state index is -0.163. The fourth-order valence-corrected chi connectivity index (χ4v) is 3.13. The lowest BCUT2D eigenvalue weighted by atomic mass is 9.77. The van der Waals surface area contributed by atoms with Gasteiger partial charge in [-0.2, -0.15) is 0 Å². The molecule has 17 heavy (non-hydrogen) atoms. The van der Waals surface area contributed by atoms with Gasteiger partial charge in [-0.25, -0.2) is 0 Å². The molecule has 1 amide bonds. The van der Waals surface area contributed by atoms with E-state index in [-0.39, 0.29) is 16.9 Å². The van der Waals surface area contributed by atoms with Crippen LogP contribution in [0.4, 0.5) is 0 Å². The van der Waals surface area contributed by atoms with Crippen LogP contribution in [0.25, 0.3) is 0 Å². The maximum Gasteiger partial charge on any atom is 0.222 e. The molecular weight excluding hydrogens is 282 g/mol. The van der Waals surface area contributed by atoms with Crippen LogP contribution in [-0.2, 0) is 9.53 Å². The Balaban J connectivity index is 2.30. The van der Waals surface area contributed by atoms with E-state index in [1.807, 2.05) is 0 Å². The SMILES string of the molecule is COC1(CC(=O)NCC(C)(C)CCBr)CCC1. The van der Waals surface area contributed by atoms with Gasteiger partial charge in [0, 0.05) is 19.0 Å². The number of nitrogens with one attached hydrogen (secondary N) is 1. The molecule has 1 rings (SSSR count). The van der Waals surface area contributed by atoms with Gasteiger partial charge in [0.1, 0.15) is 0 Å². The second kappa shape index (κ2) is 6.19. The first-order valence-electron chi connectivity index (χ1n) is 6.31. The van der Waals surface area contributed by atoms with Crippen LogP contribution >= 0.6 is 15.9 Å². The molecule has 1 aliphatic carbocycles. The number of hydrogen-bond acceptors (Lipinski definition) is 2. The number of carbonyl (C=O) groups excluding carboxylic acids is 1. The fourth-order valence-electron chi connectivity index (χ4n) is 2.06. The van der Waals surface area contributed by atoms with Crippen molar-refractivity contribution in [3.05, 3.63) is 0 Å². The van der Waals surface area contributed by atoms with E-state index in [1.54, 1.807) is 7.11 Å². The van der Waals surface area contributed by atoms with Crippen LogP contribution in [0.1, 0.15) is 46.0 Å². The Hall–Kier alpha value is -0.0900. The quantitative estimate of drug-likeness (QED) is 0.735. The summed E-state index contributed by atoms with van der Waals surface area (Å²) in [6.07, 6.45) is 4.77. The molecule has 0 spiro atoms. The summed E-state index contributed by atoms with van der Waals surface area (Å²) in [5.74, 6) is 0.120. The summed E-state index contributed by atoms with van der Waals surface area (Å²) in [4.78, 5) is 11.9. The number of ether oxygens (including phenoxy) is 1. The molecule has 0 atom stereocenters. The van der Waals surface area contributed by atoms with Crippen molar-refractivity contribution in [1.82, 2.24) is 5.32 Å². The van der Waals surface area contributed by atoms with Crippen molar-refractivity contribution in [2.24, 2.45) is 5.41 Å². The van der Waals surface area contributed by atoms with E-state index in [0.717, 1.165) is 31.1 Å². The van der Waals surface area contributed by atoms with Crippen molar-refractivity contribution in [2.45, 2.75) is 51.6 Å². The highest BCUT2D eigenvalue weighted by molar-refractivity contribution is 9.09. The summed E-state index contributed by atoms with van der Waals surface area (Å²) >= 11 is 3.44. The van der Waals surface area contributed by atoms with Crippen molar-refractivity contribution < 1.29 is 9.53 Å². The Morgan fingerprint density at radius 3 is 2.53 bits per heavy atom. The van der Waals surface area contributed by atoms with E-state index in [4.69, 9.17) is 4.74 Å². The average molecular weight is 306 g/mol. The third-order valence-corrected chi connectivity index (χ3v) is 4.11. The second-order valence-electron chi connectivity index (χ2n) is 5.80. The van der Waals surface area contributed by atoms with Gasteiger partial charge in [0.25, 0.3) is 0 Å². The van der Waals surface area contributed by atoms with Crippen molar-refractivity contribution >= 4 is 21.8 Å². The Kier molecular flexibility index (Phi) is 5.45. The Bertz CT molecular complexity index is 257. The van der Waals surface area contributed by atoms with E-state index < -0.39 is 0 Å². The van der Waals surface area contributed by atoms with Crippen molar-refractivity contribution in [3.63, 3.8) is 0 Å². The number of amides is 1. The molecular formula is C13H24BrNO2. The number of hydrogen-bond donors (Lipinski definition) is 1. The normalized spacial score (nSPS) is 18.6. The molecule has 0 heterocycles. The van der Waals surface area contributed by atoms with Gasteiger partial charge in [0.05, 0.1) is 12.0 Å². The van der Waals surface area contributed by atoms with Crippen LogP contribution in [0.3, 0.4) is 0 Å². The topological polar surface area (TPSA) is 38.3 Å². The zero-order valence-electron chi connectivity index (χ0n) is 11.1. The maximum atomic E-state index is 11.9. The van der Waals surface area contributed by atoms with Gasteiger partial charge >= 0.3 is 0 Å². The van der Waals surface area contributed by atoms with Crippen LogP contribution in [-0.4, -0.2) is 30.5 Å². The molecule has 3 nitrogen and oxygen atoms in total. The lowest BCUT2D eigenvalue weighted by Gasteiger charge is -2.40. The molecule has 4 heteroatoms. The third kappa shape index (κ3) is 4.59. The number of carbonyl (C=O) groups is 1. The highest BCUT2D eigenvalue weighted by Gasteiger charge is 2.39. The largest absolute Gasteiger partial charge is 0.378 e. The molecule has 0 aromatic heterocycles. The summed E-state index contributed by atoms with van der Waals surface area (Å²) in [7, 11) is 1.71. The lowest BCUT2D eigenvalue weighted by molar-refractivity contribution is -0.134. The molecule has 0 aromatic carbocycles. The molecule has 0 aromatic rings. The summed E-state index contributed by atoms with van der Waals surface area (Å²) in [5.41, 5.74) is -0.0113. The van der Waals surface area contributed by atoms with Crippen molar-refractivity contribution in [1.29, 1.82) is 0 Å². The zero-order valence-corrected chi connectivity index (χ0v) is 12.7. The Morgan fingerprint density at radius 1 is 1.47 bits per heavy atom. The van der Waals surface area contributed by atoms with Crippen LogP contribution in [0.5, 0.6) is 0 Å². The number of rotatable bonds is 7. The summed E-state index contributed by atoms with van der Waals surface area (Å²) in [6.45, 7) is 5.07. The lowest BCUT2D eigenvalue weighted by Crippen LogP contribution is -2.45. The monoisotopic (exact) mass is 305 g/mol. The first-order chi connectivity index (χ1) is 7.93. The first-order valence-corrected chi connectivity index (χ1v) is 7.43. The molecule has 0 radical (unpaired) electrons. The molecule has 1 saturated carbocycles. The fraction of sp³-hybridized carbons (Fsp3) is 0.923. The van der Waals surface area contributed by atoms with Gasteiger partial charge in [-0.05, 0) is 31.1 Å². The standard InChI is InChI=1S/C13H24BrNO2/c1-12(2,7-8-14)10-15-11(16)9-13(17-3)5-4-6-13/h4-10H2,1-3H3,(H,15,16). The van der Waals surface area contributed by atoms with E-state index >= 15 is 0 Å². The van der Waals surface area contributed by atoms with Crippen LogP contribution < -0.4 is 5.32 Å². The molecule has 1 N–H and O–H groups in total. The smallest absolute Gasteiger partial charge is 0.222 e. The van der Waals surface area contributed by atoms with Crippen LogP contribution in [0.15, 0.2) is 0 Å². The summed E-state index contributed by atoms with van der Waals surface area (Å²) in [6, 6.07) is 0. The van der Waals surface area contributed by atoms with E-state index in [9.17, 15) is 4.79 Å². The highest BCUT2D eigenvalue weighted by atomic mass is 79.9. The summed E-state index contributed by atoms with van der Waals surface area (Å²) in [5, 5.41) is 4.00. The predicted octanol–water partition coefficient (Wildman–Crippen LogP) is 2.87. The van der Waals surface area contributed by atoms with Gasteiger partial charge in [-0.15, -0.1) is 0 Å². The van der Waals surface area contributed by atoms with E-state index in [2.05, 4.69) is 35.1 Å². The predicted molar refractivity (Wildman–Crippen MR) is 73.4 cm³/mol. The van der Waals surface area contributed by atoms with E-state index in [0.29, 0.717) is 6.42 Å². The minimum Gasteiger partial charge on any atom is -0.378 e. The first kappa shape index (κ1) is 15.0. The molecule has 1 aliphatic rings. The average Bonchev–Trinajstić information content (AvgIpc) is 2.21. The summed E-state index contributed by atoms with van der Waals surface area (Å²) < 4.78 is 5.46. The van der Waals surface area contributed by atoms with Gasteiger partial charge in [0.2, 0.25) is 5.91 Å². The number of methoxy groups -OCH3 is 1. The van der Waals surface area contributed by atoms with Gasteiger partial charge in [-0.3, -0.25) is 4.79 Å². The Labute approximate surface area is 113 Å². The third-order valence-electron chi connectivity index (χ3n) is 3.72.